The van der Waals surface area contributed by atoms with Gasteiger partial charge in [0.1, 0.15) is 0 Å². The Balaban J connectivity index is 4.84. The molecule has 0 aromatic carbocycles. The number of carbonyl (C=O) groups is 3. The number of ketones is 2. The van der Waals surface area contributed by atoms with E-state index in [0.717, 1.165) is 6.92 Å². The van der Waals surface area contributed by atoms with Crippen LogP contribution in [0.1, 0.15) is 20.3 Å². The molecule has 0 radical (unpaired) electrons. The maximum absolute atomic E-state index is 11.3. The van der Waals surface area contributed by atoms with Gasteiger partial charge in [0.05, 0.1) is 6.61 Å². The largest absolute Gasteiger partial charge is 0.504 e. The molecule has 7 heteroatoms. The van der Waals surface area contributed by atoms with Crippen LogP contribution in [0, 0.1) is 0 Å². The number of esters is 1. The minimum Gasteiger partial charge on any atom is -0.504 e. The summed E-state index contributed by atoms with van der Waals surface area (Å²) in [5, 5.41) is 27.7. The molecule has 0 aliphatic carbocycles. The maximum atomic E-state index is 11.3. The van der Waals surface area contributed by atoms with Gasteiger partial charge in [-0.15, -0.1) is 0 Å². The molecule has 0 heterocycles. The van der Waals surface area contributed by atoms with Crippen molar-refractivity contribution in [2.75, 3.05) is 6.61 Å². The third kappa shape index (κ3) is 7.00. The predicted molar refractivity (Wildman–Crippen MR) is 69.1 cm³/mol. The second-order valence-electron chi connectivity index (χ2n) is 3.74. The molecule has 3 N–H and O–H groups in total. The zero-order valence-electron chi connectivity index (χ0n) is 11.1. The van der Waals surface area contributed by atoms with Crippen molar-refractivity contribution in [2.24, 2.45) is 0 Å². The van der Waals surface area contributed by atoms with E-state index in [1.54, 1.807) is 6.92 Å². The standard InChI is InChI=1S/C13H16O7/c1-3-4-20-13(19)12(18)7-9(15)6-11(17)10(16)5-8(2)14/h5-7,16-18H,3-4H2,1-2H3/b10-5-,11-6-,12-7-. The van der Waals surface area contributed by atoms with Crippen LogP contribution in [0.4, 0.5) is 0 Å². The van der Waals surface area contributed by atoms with Crippen molar-refractivity contribution in [1.82, 2.24) is 0 Å². The molecule has 0 rings (SSSR count). The molecule has 20 heavy (non-hydrogen) atoms. The van der Waals surface area contributed by atoms with E-state index in [9.17, 15) is 29.7 Å². The van der Waals surface area contributed by atoms with Gasteiger partial charge in [-0.25, -0.2) is 4.79 Å². The molecule has 0 saturated carbocycles. The average molecular weight is 284 g/mol. The molecule has 0 unspecified atom stereocenters. The van der Waals surface area contributed by atoms with E-state index in [-0.39, 0.29) is 6.61 Å². The van der Waals surface area contributed by atoms with Gasteiger partial charge in [-0.05, 0) is 13.3 Å². The second-order valence-corrected chi connectivity index (χ2v) is 3.74. The van der Waals surface area contributed by atoms with E-state index in [2.05, 4.69) is 4.74 Å². The number of rotatable bonds is 7. The first-order valence-corrected chi connectivity index (χ1v) is 5.72. The zero-order chi connectivity index (χ0) is 15.7. The minimum atomic E-state index is -1.07. The first-order valence-electron chi connectivity index (χ1n) is 5.72. The van der Waals surface area contributed by atoms with Crippen LogP contribution in [-0.2, 0) is 19.1 Å². The van der Waals surface area contributed by atoms with Gasteiger partial charge >= 0.3 is 5.97 Å². The van der Waals surface area contributed by atoms with Crippen molar-refractivity contribution in [1.29, 1.82) is 0 Å². The number of carbonyl (C=O) groups excluding carboxylic acids is 3. The normalized spacial score (nSPS) is 13.0. The van der Waals surface area contributed by atoms with Gasteiger partial charge in [-0.3, -0.25) is 9.59 Å². The lowest BCUT2D eigenvalue weighted by molar-refractivity contribution is -0.142. The molecule has 0 saturated heterocycles. The summed E-state index contributed by atoms with van der Waals surface area (Å²) in [6.45, 7) is 2.99. The van der Waals surface area contributed by atoms with Crippen molar-refractivity contribution in [3.05, 3.63) is 35.5 Å². The van der Waals surface area contributed by atoms with Gasteiger partial charge in [0.15, 0.2) is 23.1 Å². The van der Waals surface area contributed by atoms with Crippen molar-refractivity contribution < 1.29 is 34.4 Å². The third-order valence-electron chi connectivity index (χ3n) is 1.81. The number of hydrogen-bond donors (Lipinski definition) is 3. The van der Waals surface area contributed by atoms with Gasteiger partial charge in [-0.2, -0.15) is 0 Å². The van der Waals surface area contributed by atoms with Crippen LogP contribution in [0.25, 0.3) is 0 Å². The van der Waals surface area contributed by atoms with E-state index < -0.39 is 34.8 Å². The number of aliphatic hydroxyl groups is 3. The van der Waals surface area contributed by atoms with E-state index in [1.807, 2.05) is 0 Å². The Morgan fingerprint density at radius 3 is 1.95 bits per heavy atom. The van der Waals surface area contributed by atoms with E-state index in [4.69, 9.17) is 0 Å². The molecule has 0 aromatic rings. The van der Waals surface area contributed by atoms with Crippen LogP contribution >= 0.6 is 0 Å². The van der Waals surface area contributed by atoms with Gasteiger partial charge in [-0.1, -0.05) is 6.92 Å². The van der Waals surface area contributed by atoms with E-state index in [0.29, 0.717) is 24.6 Å². The topological polar surface area (TPSA) is 121 Å². The van der Waals surface area contributed by atoms with Crippen LogP contribution < -0.4 is 0 Å². The molecule has 0 aromatic heterocycles. The molecule has 0 atom stereocenters. The van der Waals surface area contributed by atoms with Gasteiger partial charge < -0.3 is 20.1 Å². The maximum Gasteiger partial charge on any atom is 0.373 e. The summed E-state index contributed by atoms with van der Waals surface area (Å²) in [6.07, 6.45) is 2.32. The molecule has 110 valence electrons. The van der Waals surface area contributed by atoms with Crippen LogP contribution in [0.3, 0.4) is 0 Å². The van der Waals surface area contributed by atoms with Crippen LogP contribution in [0.15, 0.2) is 35.5 Å². The summed E-state index contributed by atoms with van der Waals surface area (Å²) in [5.74, 6) is -5.16. The second kappa shape index (κ2) is 8.52. The Kier molecular flexibility index (Phi) is 7.42. The van der Waals surface area contributed by atoms with Crippen molar-refractivity contribution >= 4 is 17.5 Å². The Hall–Kier alpha value is -2.57. The van der Waals surface area contributed by atoms with Crippen LogP contribution in [0.2, 0.25) is 0 Å². The molecular formula is C13H16O7. The smallest absolute Gasteiger partial charge is 0.373 e. The minimum absolute atomic E-state index is 0.0914. The molecule has 0 aliphatic heterocycles. The number of allylic oxidation sites excluding steroid dienone is 3. The van der Waals surface area contributed by atoms with Crippen LogP contribution in [-0.4, -0.2) is 39.5 Å². The lowest BCUT2D eigenvalue weighted by atomic mass is 10.2. The lowest BCUT2D eigenvalue weighted by Crippen LogP contribution is -2.09. The number of aliphatic hydroxyl groups excluding tert-OH is 3. The van der Waals surface area contributed by atoms with Gasteiger partial charge in [0.25, 0.3) is 0 Å². The fourth-order valence-corrected chi connectivity index (χ4v) is 0.979. The summed E-state index contributed by atoms with van der Waals surface area (Å²) in [5.41, 5.74) is 0. The van der Waals surface area contributed by atoms with Crippen molar-refractivity contribution in [3.63, 3.8) is 0 Å². The zero-order valence-corrected chi connectivity index (χ0v) is 11.1. The van der Waals surface area contributed by atoms with Crippen molar-refractivity contribution in [2.45, 2.75) is 20.3 Å². The average Bonchev–Trinajstić information content (AvgIpc) is 2.34. The predicted octanol–water partition coefficient (Wildman–Crippen LogP) is 1.42. The quantitative estimate of drug-likeness (QED) is 0.280. The highest BCUT2D eigenvalue weighted by atomic mass is 16.5. The first kappa shape index (κ1) is 17.4. The Bertz CT molecular complexity index is 483. The molecule has 0 fully saturated rings. The molecule has 7 nitrogen and oxygen atoms in total. The Labute approximate surface area is 115 Å². The van der Waals surface area contributed by atoms with Crippen LogP contribution in [0.5, 0.6) is 0 Å². The Morgan fingerprint density at radius 2 is 1.45 bits per heavy atom. The monoisotopic (exact) mass is 284 g/mol. The number of ether oxygens (including phenoxy) is 1. The first-order chi connectivity index (χ1) is 9.27. The molecule has 0 amide bonds. The van der Waals surface area contributed by atoms with Gasteiger partial charge in [0.2, 0.25) is 5.76 Å². The third-order valence-corrected chi connectivity index (χ3v) is 1.81. The Morgan fingerprint density at radius 1 is 0.950 bits per heavy atom. The lowest BCUT2D eigenvalue weighted by Gasteiger charge is -2.01. The van der Waals surface area contributed by atoms with E-state index in [1.165, 1.54) is 0 Å². The summed E-state index contributed by atoms with van der Waals surface area (Å²) < 4.78 is 4.56. The van der Waals surface area contributed by atoms with Gasteiger partial charge in [0, 0.05) is 18.2 Å². The number of hydrogen-bond acceptors (Lipinski definition) is 7. The fraction of sp³-hybridized carbons (Fsp3) is 0.308. The summed E-state index contributed by atoms with van der Waals surface area (Å²) in [6, 6.07) is 0. The highest BCUT2D eigenvalue weighted by molar-refractivity contribution is 6.04. The fourth-order valence-electron chi connectivity index (χ4n) is 0.979. The molecule has 0 bridgehead atoms. The van der Waals surface area contributed by atoms with Crippen molar-refractivity contribution in [3.8, 4) is 0 Å². The molecular weight excluding hydrogens is 268 g/mol. The molecule has 0 spiro atoms. The highest BCUT2D eigenvalue weighted by Gasteiger charge is 2.11. The summed E-state index contributed by atoms with van der Waals surface area (Å²) in [7, 11) is 0. The SMILES string of the molecule is CCCOC(=O)/C(O)=C/C(=O)/C=C(O)/C(O)=C/C(C)=O. The molecule has 0 aliphatic rings. The summed E-state index contributed by atoms with van der Waals surface area (Å²) >= 11 is 0. The highest BCUT2D eigenvalue weighted by Crippen LogP contribution is 2.04. The summed E-state index contributed by atoms with van der Waals surface area (Å²) in [4.78, 5) is 33.1. The van der Waals surface area contributed by atoms with E-state index >= 15 is 0 Å².